The minimum atomic E-state index is -0.662. The Morgan fingerprint density at radius 2 is 1.82 bits per heavy atom. The Hall–Kier alpha value is -2.37. The van der Waals surface area contributed by atoms with E-state index in [4.69, 9.17) is 10.5 Å². The predicted molar refractivity (Wildman–Crippen MR) is 80.5 cm³/mol. The highest BCUT2D eigenvalue weighted by molar-refractivity contribution is 5.98. The third-order valence-corrected chi connectivity index (χ3v) is 2.84. The molecule has 6 heteroatoms. The average molecular weight is 307 g/mol. The summed E-state index contributed by atoms with van der Waals surface area (Å²) in [5.74, 6) is -1.58. The minimum absolute atomic E-state index is 0.128. The first kappa shape index (κ1) is 17.7. The molecule has 1 rings (SSSR count). The Labute approximate surface area is 129 Å². The van der Waals surface area contributed by atoms with Gasteiger partial charge in [0.15, 0.2) is 0 Å². The summed E-state index contributed by atoms with van der Waals surface area (Å²) in [7, 11) is 1.29. The quantitative estimate of drug-likeness (QED) is 0.837. The van der Waals surface area contributed by atoms with Gasteiger partial charge in [-0.05, 0) is 44.9 Å². The van der Waals surface area contributed by atoms with Gasteiger partial charge >= 0.3 is 11.9 Å². The van der Waals surface area contributed by atoms with Crippen LogP contribution in [0.4, 0.5) is 0 Å². The summed E-state index contributed by atoms with van der Waals surface area (Å²) in [5.41, 5.74) is 5.74. The van der Waals surface area contributed by atoms with E-state index in [-0.39, 0.29) is 23.5 Å². The van der Waals surface area contributed by atoms with E-state index in [0.717, 1.165) is 0 Å². The van der Waals surface area contributed by atoms with Crippen LogP contribution in [0.25, 0.3) is 0 Å². The first-order valence-electron chi connectivity index (χ1n) is 6.87. The number of nitrogens with two attached hydrogens (primary N) is 1. The van der Waals surface area contributed by atoms with Crippen LogP contribution in [-0.2, 0) is 20.7 Å². The van der Waals surface area contributed by atoms with Gasteiger partial charge in [0, 0.05) is 12.0 Å². The Morgan fingerprint density at radius 1 is 1.18 bits per heavy atom. The first-order valence-corrected chi connectivity index (χ1v) is 6.87. The van der Waals surface area contributed by atoms with Gasteiger partial charge in [0.25, 0.3) is 0 Å². The summed E-state index contributed by atoms with van der Waals surface area (Å²) in [4.78, 5) is 34.7. The van der Waals surface area contributed by atoms with Crippen molar-refractivity contribution in [1.82, 2.24) is 0 Å². The third kappa shape index (κ3) is 5.20. The number of benzene rings is 1. The van der Waals surface area contributed by atoms with E-state index in [0.29, 0.717) is 12.0 Å². The van der Waals surface area contributed by atoms with Crippen molar-refractivity contribution in [1.29, 1.82) is 0 Å². The molecule has 0 spiro atoms. The van der Waals surface area contributed by atoms with E-state index in [9.17, 15) is 14.4 Å². The van der Waals surface area contributed by atoms with E-state index >= 15 is 0 Å². The number of primary amides is 1. The predicted octanol–water partition coefficient (Wildman–Crippen LogP) is 1.85. The molecule has 1 aromatic rings. The molecule has 1 aromatic carbocycles. The molecule has 0 radical (unpaired) electrons. The van der Waals surface area contributed by atoms with E-state index in [2.05, 4.69) is 4.74 Å². The van der Waals surface area contributed by atoms with Gasteiger partial charge < -0.3 is 15.2 Å². The monoisotopic (exact) mass is 307 g/mol. The standard InChI is InChI=1S/C16H21NO5/c1-16(2,3)22-15(20)11-6-5-10(7-8-13(18)21-4)12(9-11)14(17)19/h5-6,9H,7-8H2,1-4H3,(H2,17,19). The van der Waals surface area contributed by atoms with E-state index in [1.807, 2.05) is 0 Å². The Kier molecular flexibility index (Phi) is 5.68. The molecule has 0 aliphatic heterocycles. The molecule has 6 nitrogen and oxygen atoms in total. The topological polar surface area (TPSA) is 95.7 Å². The molecule has 0 aliphatic rings. The van der Waals surface area contributed by atoms with Gasteiger partial charge in [-0.2, -0.15) is 0 Å². The SMILES string of the molecule is COC(=O)CCc1ccc(C(=O)OC(C)(C)C)cc1C(N)=O. The van der Waals surface area contributed by atoms with E-state index in [1.165, 1.54) is 13.2 Å². The number of amides is 1. The largest absolute Gasteiger partial charge is 0.469 e. The maximum absolute atomic E-state index is 12.0. The second-order valence-electron chi connectivity index (χ2n) is 5.81. The number of carbonyl (C=O) groups excluding carboxylic acids is 3. The number of esters is 2. The van der Waals surface area contributed by atoms with Crippen molar-refractivity contribution in [3.05, 3.63) is 34.9 Å². The zero-order valence-electron chi connectivity index (χ0n) is 13.3. The van der Waals surface area contributed by atoms with Crippen LogP contribution >= 0.6 is 0 Å². The number of hydrogen-bond acceptors (Lipinski definition) is 5. The number of carbonyl (C=O) groups is 3. The van der Waals surface area contributed by atoms with Crippen LogP contribution in [0.15, 0.2) is 18.2 Å². The van der Waals surface area contributed by atoms with Crippen molar-refractivity contribution in [2.75, 3.05) is 7.11 Å². The van der Waals surface area contributed by atoms with Crippen LogP contribution in [-0.4, -0.2) is 30.6 Å². The molecule has 0 unspecified atom stereocenters. The van der Waals surface area contributed by atoms with Gasteiger partial charge in [0.1, 0.15) is 5.60 Å². The van der Waals surface area contributed by atoms with E-state index in [1.54, 1.807) is 32.9 Å². The Morgan fingerprint density at radius 3 is 2.32 bits per heavy atom. The molecule has 0 heterocycles. The molecule has 2 N–H and O–H groups in total. The normalized spacial score (nSPS) is 10.9. The Balaban J connectivity index is 3.02. The Bertz CT molecular complexity index is 587. The lowest BCUT2D eigenvalue weighted by Crippen LogP contribution is -2.24. The van der Waals surface area contributed by atoms with Crippen LogP contribution in [0.5, 0.6) is 0 Å². The highest BCUT2D eigenvalue weighted by atomic mass is 16.6. The van der Waals surface area contributed by atoms with Crippen LogP contribution in [0, 0.1) is 0 Å². The molecule has 0 saturated heterocycles. The van der Waals surface area contributed by atoms with Gasteiger partial charge in [-0.25, -0.2) is 4.79 Å². The van der Waals surface area contributed by atoms with Crippen LogP contribution in [0.2, 0.25) is 0 Å². The fraction of sp³-hybridized carbons (Fsp3) is 0.438. The zero-order valence-corrected chi connectivity index (χ0v) is 13.3. The highest BCUT2D eigenvalue weighted by Crippen LogP contribution is 2.17. The van der Waals surface area contributed by atoms with Crippen molar-refractivity contribution < 1.29 is 23.9 Å². The number of ether oxygens (including phenoxy) is 2. The summed E-state index contributed by atoms with van der Waals surface area (Å²) in [6.07, 6.45) is 0.433. The summed E-state index contributed by atoms with van der Waals surface area (Å²) in [6.45, 7) is 5.26. The molecule has 0 bridgehead atoms. The molecule has 120 valence electrons. The maximum atomic E-state index is 12.0. The lowest BCUT2D eigenvalue weighted by Gasteiger charge is -2.19. The van der Waals surface area contributed by atoms with Crippen molar-refractivity contribution in [2.45, 2.75) is 39.2 Å². The first-order chi connectivity index (χ1) is 10.1. The molecule has 0 fully saturated rings. The molecule has 0 atom stereocenters. The second-order valence-corrected chi connectivity index (χ2v) is 5.81. The molecule has 0 saturated carbocycles. The summed E-state index contributed by atoms with van der Waals surface area (Å²) in [5, 5.41) is 0. The van der Waals surface area contributed by atoms with Gasteiger partial charge in [0.2, 0.25) is 5.91 Å². The highest BCUT2D eigenvalue weighted by Gasteiger charge is 2.20. The zero-order chi connectivity index (χ0) is 16.9. The van der Waals surface area contributed by atoms with Crippen molar-refractivity contribution in [3.8, 4) is 0 Å². The number of rotatable bonds is 5. The maximum Gasteiger partial charge on any atom is 0.338 e. The van der Waals surface area contributed by atoms with Crippen LogP contribution in [0.1, 0.15) is 53.5 Å². The van der Waals surface area contributed by atoms with Gasteiger partial charge in [-0.1, -0.05) is 6.07 Å². The van der Waals surface area contributed by atoms with Gasteiger partial charge in [0.05, 0.1) is 12.7 Å². The van der Waals surface area contributed by atoms with Gasteiger partial charge in [-0.3, -0.25) is 9.59 Å². The third-order valence-electron chi connectivity index (χ3n) is 2.84. The fourth-order valence-corrected chi connectivity index (χ4v) is 1.83. The van der Waals surface area contributed by atoms with Crippen molar-refractivity contribution in [2.24, 2.45) is 5.73 Å². The lowest BCUT2D eigenvalue weighted by molar-refractivity contribution is -0.140. The smallest absolute Gasteiger partial charge is 0.338 e. The lowest BCUT2D eigenvalue weighted by atomic mass is 9.99. The van der Waals surface area contributed by atoms with Crippen LogP contribution < -0.4 is 5.73 Å². The van der Waals surface area contributed by atoms with Gasteiger partial charge in [-0.15, -0.1) is 0 Å². The summed E-state index contributed by atoms with van der Waals surface area (Å²) in [6, 6.07) is 4.54. The number of aryl methyl sites for hydroxylation is 1. The molecule has 0 aromatic heterocycles. The average Bonchev–Trinajstić information content (AvgIpc) is 2.42. The summed E-state index contributed by atoms with van der Waals surface area (Å²) >= 11 is 0. The fourth-order valence-electron chi connectivity index (χ4n) is 1.83. The molecule has 1 amide bonds. The van der Waals surface area contributed by atoms with Crippen LogP contribution in [0.3, 0.4) is 0 Å². The molecular formula is C16H21NO5. The number of hydrogen-bond donors (Lipinski definition) is 1. The second kappa shape index (κ2) is 7.06. The summed E-state index contributed by atoms with van der Waals surface area (Å²) < 4.78 is 9.81. The number of methoxy groups -OCH3 is 1. The molecular weight excluding hydrogens is 286 g/mol. The van der Waals surface area contributed by atoms with Crippen molar-refractivity contribution >= 4 is 17.8 Å². The molecule has 0 aliphatic carbocycles. The molecule has 22 heavy (non-hydrogen) atoms. The van der Waals surface area contributed by atoms with E-state index < -0.39 is 17.5 Å². The van der Waals surface area contributed by atoms with Crippen molar-refractivity contribution in [3.63, 3.8) is 0 Å². The minimum Gasteiger partial charge on any atom is -0.469 e.